The van der Waals surface area contributed by atoms with Gasteiger partial charge in [-0.05, 0) is 11.5 Å². The van der Waals surface area contributed by atoms with Crippen LogP contribution in [0.1, 0.15) is 28.6 Å². The molecule has 0 atom stereocenters. The smallest absolute Gasteiger partial charge is 0.198 e. The van der Waals surface area contributed by atoms with Crippen LogP contribution in [-0.2, 0) is 6.42 Å². The highest BCUT2D eigenvalue weighted by Crippen LogP contribution is 2.22. The molecule has 0 amide bonds. The van der Waals surface area contributed by atoms with Crippen molar-refractivity contribution in [2.75, 3.05) is 0 Å². The molecule has 0 aliphatic heterocycles. The maximum Gasteiger partial charge on any atom is 0.198 e. The highest BCUT2D eigenvalue weighted by atomic mass is 16.3. The summed E-state index contributed by atoms with van der Waals surface area (Å²) in [6.07, 6.45) is 5.65. The number of ketones is 1. The quantitative estimate of drug-likeness (QED) is 0.668. The van der Waals surface area contributed by atoms with E-state index in [4.69, 9.17) is 4.42 Å². The molecule has 0 aliphatic rings. The third-order valence-corrected chi connectivity index (χ3v) is 3.22. The molecule has 94 valence electrons. The van der Waals surface area contributed by atoms with Gasteiger partial charge in [-0.25, -0.2) is 0 Å². The molecule has 19 heavy (non-hydrogen) atoms. The molecule has 3 rings (SSSR count). The van der Waals surface area contributed by atoms with Gasteiger partial charge in [0, 0.05) is 29.8 Å². The van der Waals surface area contributed by atoms with Crippen molar-refractivity contribution in [2.45, 2.75) is 13.3 Å². The van der Waals surface area contributed by atoms with E-state index in [0.29, 0.717) is 17.5 Å². The SMILES string of the molecule is CCc1occc1C(=O)c1cncc2ccccc12. The van der Waals surface area contributed by atoms with E-state index < -0.39 is 0 Å². The Morgan fingerprint density at radius 1 is 1.16 bits per heavy atom. The predicted molar refractivity (Wildman–Crippen MR) is 73.3 cm³/mol. The van der Waals surface area contributed by atoms with Gasteiger partial charge in [-0.15, -0.1) is 0 Å². The number of rotatable bonds is 3. The molecule has 0 unspecified atom stereocenters. The van der Waals surface area contributed by atoms with Gasteiger partial charge in [0.15, 0.2) is 5.78 Å². The van der Waals surface area contributed by atoms with Crippen molar-refractivity contribution in [1.29, 1.82) is 0 Å². The molecule has 0 bridgehead atoms. The minimum absolute atomic E-state index is 0.0325. The molecule has 3 heteroatoms. The van der Waals surface area contributed by atoms with Crippen LogP contribution in [0, 0.1) is 0 Å². The van der Waals surface area contributed by atoms with Crippen LogP contribution in [0.2, 0.25) is 0 Å². The first-order chi connectivity index (χ1) is 9.31. The van der Waals surface area contributed by atoms with Gasteiger partial charge in [0.1, 0.15) is 5.76 Å². The summed E-state index contributed by atoms with van der Waals surface area (Å²) in [5.41, 5.74) is 1.25. The van der Waals surface area contributed by atoms with E-state index in [2.05, 4.69) is 4.98 Å². The maximum absolute atomic E-state index is 12.6. The molecule has 0 radical (unpaired) electrons. The van der Waals surface area contributed by atoms with E-state index in [9.17, 15) is 4.79 Å². The Bertz CT molecular complexity index is 738. The number of carbonyl (C=O) groups excluding carboxylic acids is 1. The average molecular weight is 251 g/mol. The fourth-order valence-corrected chi connectivity index (χ4v) is 2.26. The average Bonchev–Trinajstić information content (AvgIpc) is 2.94. The van der Waals surface area contributed by atoms with Crippen molar-refractivity contribution in [2.24, 2.45) is 0 Å². The van der Waals surface area contributed by atoms with Gasteiger partial charge < -0.3 is 4.42 Å². The normalized spacial score (nSPS) is 10.8. The summed E-state index contributed by atoms with van der Waals surface area (Å²) < 4.78 is 5.33. The van der Waals surface area contributed by atoms with Gasteiger partial charge in [-0.1, -0.05) is 31.2 Å². The molecule has 0 saturated heterocycles. The van der Waals surface area contributed by atoms with E-state index in [1.165, 1.54) is 0 Å². The highest BCUT2D eigenvalue weighted by Gasteiger charge is 2.17. The number of carbonyl (C=O) groups is 1. The molecule has 0 aliphatic carbocycles. The van der Waals surface area contributed by atoms with Gasteiger partial charge >= 0.3 is 0 Å². The first-order valence-corrected chi connectivity index (χ1v) is 6.25. The lowest BCUT2D eigenvalue weighted by atomic mass is 9.99. The molecule has 2 aromatic heterocycles. The number of furan rings is 1. The summed E-state index contributed by atoms with van der Waals surface area (Å²) >= 11 is 0. The van der Waals surface area contributed by atoms with Gasteiger partial charge in [0.05, 0.1) is 11.8 Å². The van der Waals surface area contributed by atoms with Crippen LogP contribution in [0.3, 0.4) is 0 Å². The number of hydrogen-bond donors (Lipinski definition) is 0. The summed E-state index contributed by atoms with van der Waals surface area (Å²) in [5.74, 6) is 0.688. The second kappa shape index (κ2) is 4.69. The van der Waals surface area contributed by atoms with Gasteiger partial charge in [-0.2, -0.15) is 0 Å². The molecule has 0 N–H and O–H groups in total. The third kappa shape index (κ3) is 1.93. The van der Waals surface area contributed by atoms with E-state index in [-0.39, 0.29) is 5.78 Å². The Kier molecular flexibility index (Phi) is 2.88. The monoisotopic (exact) mass is 251 g/mol. The zero-order valence-electron chi connectivity index (χ0n) is 10.6. The van der Waals surface area contributed by atoms with Crippen LogP contribution in [0.5, 0.6) is 0 Å². The first-order valence-electron chi connectivity index (χ1n) is 6.25. The number of aromatic nitrogens is 1. The zero-order valence-corrected chi connectivity index (χ0v) is 10.6. The van der Waals surface area contributed by atoms with Crippen LogP contribution in [0.4, 0.5) is 0 Å². The molecule has 0 fully saturated rings. The van der Waals surface area contributed by atoms with Crippen molar-refractivity contribution < 1.29 is 9.21 Å². The lowest BCUT2D eigenvalue weighted by molar-refractivity contribution is 0.103. The third-order valence-electron chi connectivity index (χ3n) is 3.22. The standard InChI is InChI=1S/C16H13NO2/c1-2-15-13(7-8-19-15)16(18)14-10-17-9-11-5-3-4-6-12(11)14/h3-10H,2H2,1H3. The van der Waals surface area contributed by atoms with E-state index in [1.807, 2.05) is 31.2 Å². The molecule has 2 heterocycles. The summed E-state index contributed by atoms with van der Waals surface area (Å²) in [6, 6.07) is 9.48. The van der Waals surface area contributed by atoms with Crippen LogP contribution in [0.25, 0.3) is 10.8 Å². The fraction of sp³-hybridized carbons (Fsp3) is 0.125. The van der Waals surface area contributed by atoms with Crippen molar-refractivity contribution in [3.8, 4) is 0 Å². The van der Waals surface area contributed by atoms with E-state index >= 15 is 0 Å². The summed E-state index contributed by atoms with van der Waals surface area (Å²) in [7, 11) is 0. The second-order valence-corrected chi connectivity index (χ2v) is 4.35. The summed E-state index contributed by atoms with van der Waals surface area (Å²) in [4.78, 5) is 16.7. The van der Waals surface area contributed by atoms with Crippen molar-refractivity contribution in [1.82, 2.24) is 4.98 Å². The molecular formula is C16H13NO2. The zero-order chi connectivity index (χ0) is 13.2. The number of hydrogen-bond acceptors (Lipinski definition) is 3. The number of fused-ring (bicyclic) bond motifs is 1. The van der Waals surface area contributed by atoms with Crippen molar-refractivity contribution in [3.05, 3.63) is 65.9 Å². The van der Waals surface area contributed by atoms with E-state index in [1.54, 1.807) is 24.7 Å². The number of aryl methyl sites for hydroxylation is 1. The Morgan fingerprint density at radius 2 is 2.00 bits per heavy atom. The number of pyridine rings is 1. The first kappa shape index (κ1) is 11.7. The Morgan fingerprint density at radius 3 is 2.84 bits per heavy atom. The Labute approximate surface area is 110 Å². The second-order valence-electron chi connectivity index (χ2n) is 4.35. The summed E-state index contributed by atoms with van der Waals surface area (Å²) in [6.45, 7) is 1.97. The molecule has 0 saturated carbocycles. The largest absolute Gasteiger partial charge is 0.469 e. The molecular weight excluding hydrogens is 238 g/mol. The fourth-order valence-electron chi connectivity index (χ4n) is 2.26. The lowest BCUT2D eigenvalue weighted by Gasteiger charge is -2.04. The van der Waals surface area contributed by atoms with Crippen molar-refractivity contribution >= 4 is 16.6 Å². The van der Waals surface area contributed by atoms with Crippen molar-refractivity contribution in [3.63, 3.8) is 0 Å². The predicted octanol–water partition coefficient (Wildman–Crippen LogP) is 3.62. The Balaban J connectivity index is 2.17. The van der Waals surface area contributed by atoms with Crippen LogP contribution in [-0.4, -0.2) is 10.8 Å². The number of nitrogens with zero attached hydrogens (tertiary/aromatic N) is 1. The van der Waals surface area contributed by atoms with Crippen LogP contribution < -0.4 is 0 Å². The molecule has 3 aromatic rings. The van der Waals surface area contributed by atoms with Gasteiger partial charge in [0.25, 0.3) is 0 Å². The molecule has 1 aromatic carbocycles. The number of benzene rings is 1. The molecule has 3 nitrogen and oxygen atoms in total. The Hall–Kier alpha value is -2.42. The lowest BCUT2D eigenvalue weighted by Crippen LogP contribution is -2.04. The topological polar surface area (TPSA) is 43.1 Å². The maximum atomic E-state index is 12.6. The van der Waals surface area contributed by atoms with Crippen LogP contribution in [0.15, 0.2) is 53.4 Å². The van der Waals surface area contributed by atoms with Crippen LogP contribution >= 0.6 is 0 Å². The molecule has 0 spiro atoms. The highest BCUT2D eigenvalue weighted by molar-refractivity contribution is 6.16. The minimum atomic E-state index is -0.0325. The van der Waals surface area contributed by atoms with E-state index in [0.717, 1.165) is 16.5 Å². The summed E-state index contributed by atoms with van der Waals surface area (Å²) in [5, 5.41) is 1.89. The van der Waals surface area contributed by atoms with Gasteiger partial charge in [0.2, 0.25) is 0 Å². The minimum Gasteiger partial charge on any atom is -0.469 e. The van der Waals surface area contributed by atoms with Gasteiger partial charge in [-0.3, -0.25) is 9.78 Å².